The van der Waals surface area contributed by atoms with Crippen LogP contribution in [0.25, 0.3) is 0 Å². The molecule has 1 aromatic heterocycles. The number of carbonyl (C=O) groups is 1. The van der Waals surface area contributed by atoms with Gasteiger partial charge >= 0.3 is 5.97 Å². The fourth-order valence-electron chi connectivity index (χ4n) is 3.96. The summed E-state index contributed by atoms with van der Waals surface area (Å²) in [6.45, 7) is 3.60. The summed E-state index contributed by atoms with van der Waals surface area (Å²) >= 11 is 0. The molecular formula is C16H23NO3. The minimum Gasteiger partial charge on any atom is -0.478 e. The molecule has 4 nitrogen and oxygen atoms in total. The molecule has 1 aliphatic carbocycles. The van der Waals surface area contributed by atoms with Crippen molar-refractivity contribution in [2.24, 2.45) is 5.92 Å². The van der Waals surface area contributed by atoms with Crippen molar-refractivity contribution in [1.82, 2.24) is 4.90 Å². The lowest BCUT2D eigenvalue weighted by atomic mass is 9.78. The normalized spacial score (nSPS) is 27.2. The highest BCUT2D eigenvalue weighted by molar-refractivity contribution is 5.88. The SMILES string of the molecule is Cc1oc(CN2CCCC3CCCCC32)cc1C(=O)O. The third-order valence-corrected chi connectivity index (χ3v) is 4.92. The van der Waals surface area contributed by atoms with Crippen molar-refractivity contribution >= 4 is 5.97 Å². The minimum absolute atomic E-state index is 0.303. The molecule has 0 amide bonds. The third-order valence-electron chi connectivity index (χ3n) is 4.92. The van der Waals surface area contributed by atoms with Crippen molar-refractivity contribution in [2.75, 3.05) is 6.54 Å². The molecule has 0 bridgehead atoms. The molecule has 2 unspecified atom stereocenters. The summed E-state index contributed by atoms with van der Waals surface area (Å²) in [7, 11) is 0. The summed E-state index contributed by atoms with van der Waals surface area (Å²) in [6, 6.07) is 2.38. The highest BCUT2D eigenvalue weighted by atomic mass is 16.4. The maximum atomic E-state index is 11.1. The van der Waals surface area contributed by atoms with E-state index in [-0.39, 0.29) is 0 Å². The number of carboxylic acid groups (broad SMARTS) is 1. The molecule has 2 atom stereocenters. The van der Waals surface area contributed by atoms with Crippen LogP contribution in [-0.2, 0) is 6.54 Å². The molecule has 0 spiro atoms. The number of rotatable bonds is 3. The molecular weight excluding hydrogens is 254 g/mol. The first-order chi connectivity index (χ1) is 9.65. The maximum Gasteiger partial charge on any atom is 0.339 e. The fourth-order valence-corrected chi connectivity index (χ4v) is 3.96. The van der Waals surface area contributed by atoms with Crippen molar-refractivity contribution in [3.05, 3.63) is 23.2 Å². The van der Waals surface area contributed by atoms with E-state index in [1.807, 2.05) is 0 Å². The van der Waals surface area contributed by atoms with Crippen molar-refractivity contribution in [1.29, 1.82) is 0 Å². The molecule has 2 aliphatic rings. The van der Waals surface area contributed by atoms with Gasteiger partial charge in [0.1, 0.15) is 17.1 Å². The molecule has 0 aromatic carbocycles. The average Bonchev–Trinajstić information content (AvgIpc) is 2.80. The lowest BCUT2D eigenvalue weighted by Crippen LogP contribution is -2.46. The summed E-state index contributed by atoms with van der Waals surface area (Å²) in [6.07, 6.45) is 7.97. The van der Waals surface area contributed by atoms with Crippen LogP contribution in [0, 0.1) is 12.8 Å². The molecule has 20 heavy (non-hydrogen) atoms. The summed E-state index contributed by atoms with van der Waals surface area (Å²) in [5.41, 5.74) is 0.303. The molecule has 110 valence electrons. The Balaban J connectivity index is 1.73. The van der Waals surface area contributed by atoms with Crippen LogP contribution in [0.4, 0.5) is 0 Å². The molecule has 2 fully saturated rings. The summed E-state index contributed by atoms with van der Waals surface area (Å²) in [5.74, 6) is 1.26. The second-order valence-electron chi connectivity index (χ2n) is 6.21. The molecule has 1 aromatic rings. The Hall–Kier alpha value is -1.29. The van der Waals surface area contributed by atoms with Gasteiger partial charge in [0.2, 0.25) is 0 Å². The number of hydrogen-bond donors (Lipinski definition) is 1. The van der Waals surface area contributed by atoms with Gasteiger partial charge in [-0.1, -0.05) is 12.8 Å². The number of nitrogens with zero attached hydrogens (tertiary/aromatic N) is 1. The van der Waals surface area contributed by atoms with Crippen LogP contribution in [0.5, 0.6) is 0 Å². The zero-order valence-electron chi connectivity index (χ0n) is 12.1. The molecule has 1 aliphatic heterocycles. The number of furan rings is 1. The van der Waals surface area contributed by atoms with Gasteiger partial charge < -0.3 is 9.52 Å². The molecule has 1 saturated heterocycles. The monoisotopic (exact) mass is 277 g/mol. The summed E-state index contributed by atoms with van der Waals surface area (Å²) in [4.78, 5) is 13.6. The van der Waals surface area contributed by atoms with Gasteiger partial charge in [-0.25, -0.2) is 4.79 Å². The molecule has 2 heterocycles. The summed E-state index contributed by atoms with van der Waals surface area (Å²) < 4.78 is 5.64. The number of fused-ring (bicyclic) bond motifs is 1. The molecule has 1 N–H and O–H groups in total. The molecule has 3 rings (SSSR count). The number of carboxylic acids is 1. The molecule has 0 radical (unpaired) electrons. The first-order valence-electron chi connectivity index (χ1n) is 7.72. The van der Waals surface area contributed by atoms with Gasteiger partial charge in [-0.05, 0) is 51.1 Å². The Morgan fingerprint density at radius 2 is 2.10 bits per heavy atom. The van der Waals surface area contributed by atoms with Crippen LogP contribution >= 0.6 is 0 Å². The lowest BCUT2D eigenvalue weighted by Gasteiger charge is -2.43. The van der Waals surface area contributed by atoms with E-state index in [0.717, 1.165) is 24.8 Å². The fraction of sp³-hybridized carbons (Fsp3) is 0.688. The van der Waals surface area contributed by atoms with Crippen LogP contribution in [0.1, 0.15) is 60.4 Å². The van der Waals surface area contributed by atoms with Crippen molar-refractivity contribution < 1.29 is 14.3 Å². The van der Waals surface area contributed by atoms with Gasteiger partial charge in [-0.2, -0.15) is 0 Å². The Morgan fingerprint density at radius 3 is 2.85 bits per heavy atom. The second kappa shape index (κ2) is 5.60. The minimum atomic E-state index is -0.897. The Kier molecular flexibility index (Phi) is 3.83. The predicted octanol–water partition coefficient (Wildman–Crippen LogP) is 3.44. The average molecular weight is 277 g/mol. The van der Waals surface area contributed by atoms with Gasteiger partial charge in [0, 0.05) is 6.04 Å². The van der Waals surface area contributed by atoms with Crippen LogP contribution in [0.15, 0.2) is 10.5 Å². The van der Waals surface area contributed by atoms with Crippen molar-refractivity contribution in [3.8, 4) is 0 Å². The number of piperidine rings is 1. The van der Waals surface area contributed by atoms with E-state index in [9.17, 15) is 4.79 Å². The van der Waals surface area contributed by atoms with Gasteiger partial charge in [0.05, 0.1) is 6.54 Å². The maximum absolute atomic E-state index is 11.1. The van der Waals surface area contributed by atoms with E-state index in [1.165, 1.54) is 38.5 Å². The Bertz CT molecular complexity index is 492. The number of aromatic carboxylic acids is 1. The van der Waals surface area contributed by atoms with E-state index in [1.54, 1.807) is 13.0 Å². The molecule has 1 saturated carbocycles. The predicted molar refractivity (Wildman–Crippen MR) is 75.8 cm³/mol. The van der Waals surface area contributed by atoms with E-state index in [0.29, 0.717) is 17.4 Å². The third kappa shape index (κ3) is 2.62. The van der Waals surface area contributed by atoms with Crippen LogP contribution in [0.3, 0.4) is 0 Å². The number of likely N-dealkylation sites (tertiary alicyclic amines) is 1. The Morgan fingerprint density at radius 1 is 1.35 bits per heavy atom. The van der Waals surface area contributed by atoms with E-state index >= 15 is 0 Å². The topological polar surface area (TPSA) is 53.7 Å². The van der Waals surface area contributed by atoms with Crippen LogP contribution < -0.4 is 0 Å². The van der Waals surface area contributed by atoms with Crippen molar-refractivity contribution in [2.45, 2.75) is 58.0 Å². The number of aryl methyl sites for hydroxylation is 1. The van der Waals surface area contributed by atoms with Crippen LogP contribution in [0.2, 0.25) is 0 Å². The van der Waals surface area contributed by atoms with Gasteiger partial charge in [-0.15, -0.1) is 0 Å². The zero-order chi connectivity index (χ0) is 14.1. The zero-order valence-corrected chi connectivity index (χ0v) is 12.1. The highest BCUT2D eigenvalue weighted by Gasteiger charge is 2.33. The first kappa shape index (κ1) is 13.7. The number of hydrogen-bond acceptors (Lipinski definition) is 3. The first-order valence-corrected chi connectivity index (χ1v) is 7.72. The van der Waals surface area contributed by atoms with Crippen molar-refractivity contribution in [3.63, 3.8) is 0 Å². The quantitative estimate of drug-likeness (QED) is 0.919. The van der Waals surface area contributed by atoms with Gasteiger partial charge in [0.25, 0.3) is 0 Å². The second-order valence-corrected chi connectivity index (χ2v) is 6.21. The van der Waals surface area contributed by atoms with E-state index in [2.05, 4.69) is 4.90 Å². The largest absolute Gasteiger partial charge is 0.478 e. The standard InChI is InChI=1S/C16H23NO3/c1-11-14(16(18)19)9-13(20-11)10-17-8-4-6-12-5-2-3-7-15(12)17/h9,12,15H,2-8,10H2,1H3,(H,18,19). The lowest BCUT2D eigenvalue weighted by molar-refractivity contribution is 0.0493. The summed E-state index contributed by atoms with van der Waals surface area (Å²) in [5, 5.41) is 9.10. The Labute approximate surface area is 119 Å². The van der Waals surface area contributed by atoms with Gasteiger partial charge in [-0.3, -0.25) is 4.90 Å². The smallest absolute Gasteiger partial charge is 0.339 e. The van der Waals surface area contributed by atoms with Gasteiger partial charge in [0.15, 0.2) is 0 Å². The highest BCUT2D eigenvalue weighted by Crippen LogP contribution is 2.36. The van der Waals surface area contributed by atoms with E-state index < -0.39 is 5.97 Å². The van der Waals surface area contributed by atoms with E-state index in [4.69, 9.17) is 9.52 Å². The van der Waals surface area contributed by atoms with Crippen LogP contribution in [-0.4, -0.2) is 28.6 Å². The molecule has 4 heteroatoms.